The third-order valence-electron chi connectivity index (χ3n) is 5.34. The second-order valence-electron chi connectivity index (χ2n) is 7.71. The SMILES string of the molecule is Cc1ccc(C[C@H](O)[C@@H](O)[C@H](O)[C@H](O)CO)cc1Cc1ccc(-c2ccc(F)cc2)s1. The van der Waals surface area contributed by atoms with Crippen molar-refractivity contribution in [3.05, 3.63) is 82.0 Å². The van der Waals surface area contributed by atoms with Crippen LogP contribution in [-0.2, 0) is 12.8 Å². The minimum Gasteiger partial charge on any atom is -0.394 e. The van der Waals surface area contributed by atoms with Crippen LogP contribution in [0.2, 0.25) is 0 Å². The monoisotopic (exact) mass is 446 g/mol. The molecular weight excluding hydrogens is 419 g/mol. The summed E-state index contributed by atoms with van der Waals surface area (Å²) in [6.45, 7) is 1.29. The van der Waals surface area contributed by atoms with Gasteiger partial charge in [-0.25, -0.2) is 4.39 Å². The standard InChI is InChI=1S/C24H27FO5S/c1-14-2-3-15(11-20(27)23(29)24(30)21(28)13-26)10-17(14)12-19-8-9-22(31-19)16-4-6-18(25)7-5-16/h2-10,20-21,23-24,26-30H,11-13H2,1H3/t20-,21+,23+,24+/m0/s1. The summed E-state index contributed by atoms with van der Waals surface area (Å²) in [6.07, 6.45) is -5.25. The number of rotatable bonds is 9. The molecule has 0 bridgehead atoms. The second-order valence-corrected chi connectivity index (χ2v) is 8.88. The van der Waals surface area contributed by atoms with E-state index in [-0.39, 0.29) is 12.2 Å². The van der Waals surface area contributed by atoms with Crippen LogP contribution in [-0.4, -0.2) is 56.6 Å². The fourth-order valence-corrected chi connectivity index (χ4v) is 4.43. The van der Waals surface area contributed by atoms with E-state index in [2.05, 4.69) is 0 Å². The Labute approximate surface area is 184 Å². The Bertz CT molecular complexity index is 988. The predicted molar refractivity (Wildman–Crippen MR) is 119 cm³/mol. The molecule has 0 aliphatic heterocycles. The Morgan fingerprint density at radius 1 is 0.871 bits per heavy atom. The molecule has 0 saturated heterocycles. The molecule has 0 saturated carbocycles. The highest BCUT2D eigenvalue weighted by Crippen LogP contribution is 2.30. The van der Waals surface area contributed by atoms with Crippen LogP contribution in [0.5, 0.6) is 0 Å². The highest BCUT2D eigenvalue weighted by Gasteiger charge is 2.30. The summed E-state index contributed by atoms with van der Waals surface area (Å²) in [5, 5.41) is 48.5. The lowest BCUT2D eigenvalue weighted by atomic mass is 9.95. The Morgan fingerprint density at radius 3 is 2.23 bits per heavy atom. The van der Waals surface area contributed by atoms with Crippen LogP contribution < -0.4 is 0 Å². The van der Waals surface area contributed by atoms with E-state index in [1.165, 1.54) is 12.1 Å². The molecule has 7 heteroatoms. The summed E-state index contributed by atoms with van der Waals surface area (Å²) in [5.74, 6) is -0.265. The lowest BCUT2D eigenvalue weighted by Crippen LogP contribution is -2.46. The molecule has 2 aromatic carbocycles. The first-order valence-corrected chi connectivity index (χ1v) is 10.9. The van der Waals surface area contributed by atoms with E-state index in [1.807, 2.05) is 37.3 Å². The maximum absolute atomic E-state index is 13.2. The van der Waals surface area contributed by atoms with Crippen molar-refractivity contribution >= 4 is 11.3 Å². The molecule has 0 fully saturated rings. The maximum Gasteiger partial charge on any atom is 0.123 e. The zero-order valence-electron chi connectivity index (χ0n) is 17.1. The average molecular weight is 447 g/mol. The molecule has 5 N–H and O–H groups in total. The van der Waals surface area contributed by atoms with E-state index in [4.69, 9.17) is 5.11 Å². The first kappa shape index (κ1) is 23.5. The molecule has 3 aromatic rings. The van der Waals surface area contributed by atoms with Crippen molar-refractivity contribution in [1.82, 2.24) is 0 Å². The van der Waals surface area contributed by atoms with E-state index in [0.717, 1.165) is 32.0 Å². The van der Waals surface area contributed by atoms with Gasteiger partial charge < -0.3 is 25.5 Å². The molecule has 0 aliphatic rings. The van der Waals surface area contributed by atoms with Crippen LogP contribution in [0.3, 0.4) is 0 Å². The molecule has 1 aromatic heterocycles. The van der Waals surface area contributed by atoms with Gasteiger partial charge in [-0.05, 0) is 53.4 Å². The number of aliphatic hydroxyl groups is 5. The summed E-state index contributed by atoms with van der Waals surface area (Å²) < 4.78 is 13.2. The summed E-state index contributed by atoms with van der Waals surface area (Å²) >= 11 is 1.63. The van der Waals surface area contributed by atoms with Crippen LogP contribution in [0.25, 0.3) is 10.4 Å². The zero-order chi connectivity index (χ0) is 22.5. The van der Waals surface area contributed by atoms with Crippen molar-refractivity contribution < 1.29 is 29.9 Å². The topological polar surface area (TPSA) is 101 Å². The Kier molecular flexibility index (Phi) is 7.94. The van der Waals surface area contributed by atoms with Gasteiger partial charge in [0, 0.05) is 22.6 Å². The second kappa shape index (κ2) is 10.5. The van der Waals surface area contributed by atoms with E-state index < -0.39 is 31.0 Å². The van der Waals surface area contributed by atoms with E-state index in [1.54, 1.807) is 23.5 Å². The van der Waals surface area contributed by atoms with Crippen molar-refractivity contribution in [2.75, 3.05) is 6.61 Å². The highest BCUT2D eigenvalue weighted by atomic mass is 32.1. The highest BCUT2D eigenvalue weighted by molar-refractivity contribution is 7.15. The Morgan fingerprint density at radius 2 is 1.55 bits per heavy atom. The lowest BCUT2D eigenvalue weighted by Gasteiger charge is -2.25. The van der Waals surface area contributed by atoms with Gasteiger partial charge in [0.1, 0.15) is 24.1 Å². The number of hydrogen-bond acceptors (Lipinski definition) is 6. The van der Waals surface area contributed by atoms with Crippen LogP contribution in [0.15, 0.2) is 54.6 Å². The van der Waals surface area contributed by atoms with Gasteiger partial charge in [0.25, 0.3) is 0 Å². The predicted octanol–water partition coefficient (Wildman–Crippen LogP) is 2.43. The zero-order valence-corrected chi connectivity index (χ0v) is 18.0. The maximum atomic E-state index is 13.2. The van der Waals surface area contributed by atoms with Crippen molar-refractivity contribution in [3.63, 3.8) is 0 Å². The fourth-order valence-electron chi connectivity index (χ4n) is 3.40. The first-order chi connectivity index (χ1) is 14.8. The van der Waals surface area contributed by atoms with Gasteiger partial charge in [0.2, 0.25) is 0 Å². The van der Waals surface area contributed by atoms with Crippen LogP contribution in [0.4, 0.5) is 4.39 Å². The van der Waals surface area contributed by atoms with Crippen molar-refractivity contribution in [1.29, 1.82) is 0 Å². The van der Waals surface area contributed by atoms with Crippen molar-refractivity contribution in [2.45, 2.75) is 44.2 Å². The van der Waals surface area contributed by atoms with Gasteiger partial charge in [-0.2, -0.15) is 0 Å². The normalized spacial score (nSPS) is 15.5. The van der Waals surface area contributed by atoms with Crippen molar-refractivity contribution in [3.8, 4) is 10.4 Å². The van der Waals surface area contributed by atoms with Crippen molar-refractivity contribution in [2.24, 2.45) is 0 Å². The van der Waals surface area contributed by atoms with Crippen LogP contribution >= 0.6 is 11.3 Å². The molecular formula is C24H27FO5S. The lowest BCUT2D eigenvalue weighted by molar-refractivity contribution is -0.114. The quantitative estimate of drug-likeness (QED) is 0.348. The molecule has 0 amide bonds. The smallest absolute Gasteiger partial charge is 0.123 e. The summed E-state index contributed by atoms with van der Waals surface area (Å²) in [7, 11) is 0. The first-order valence-electron chi connectivity index (χ1n) is 10.0. The van der Waals surface area contributed by atoms with Gasteiger partial charge in [-0.1, -0.05) is 30.3 Å². The largest absolute Gasteiger partial charge is 0.394 e. The molecule has 31 heavy (non-hydrogen) atoms. The number of halogens is 1. The van der Waals surface area contributed by atoms with Gasteiger partial charge >= 0.3 is 0 Å². The number of benzene rings is 2. The minimum atomic E-state index is -1.64. The molecule has 166 valence electrons. The third-order valence-corrected chi connectivity index (χ3v) is 6.47. The van der Waals surface area contributed by atoms with Gasteiger partial charge in [-0.3, -0.25) is 0 Å². The molecule has 3 rings (SSSR count). The third kappa shape index (κ3) is 5.98. The molecule has 4 atom stereocenters. The van der Waals surface area contributed by atoms with Crippen LogP contribution in [0.1, 0.15) is 21.6 Å². The van der Waals surface area contributed by atoms with Gasteiger partial charge in [0.15, 0.2) is 0 Å². The molecule has 1 heterocycles. The average Bonchev–Trinajstić information content (AvgIpc) is 3.23. The van der Waals surface area contributed by atoms with E-state index >= 15 is 0 Å². The molecule has 5 nitrogen and oxygen atoms in total. The Hall–Kier alpha value is -2.13. The minimum absolute atomic E-state index is 0.0922. The number of aryl methyl sites for hydroxylation is 1. The van der Waals surface area contributed by atoms with Crippen LogP contribution in [0, 0.1) is 12.7 Å². The van der Waals surface area contributed by atoms with E-state index in [0.29, 0.717) is 6.42 Å². The summed E-state index contributed by atoms with van der Waals surface area (Å²) in [5.41, 5.74) is 3.91. The van der Waals surface area contributed by atoms with Gasteiger partial charge in [0.05, 0.1) is 12.7 Å². The number of aliphatic hydroxyl groups excluding tert-OH is 5. The molecule has 0 radical (unpaired) electrons. The summed E-state index contributed by atoms with van der Waals surface area (Å²) in [4.78, 5) is 2.19. The number of hydrogen-bond donors (Lipinski definition) is 5. The fraction of sp³-hybridized carbons (Fsp3) is 0.333. The molecule has 0 aliphatic carbocycles. The summed E-state index contributed by atoms with van der Waals surface area (Å²) in [6, 6.07) is 16.2. The Balaban J connectivity index is 1.71. The number of thiophene rings is 1. The van der Waals surface area contributed by atoms with E-state index in [9.17, 15) is 24.8 Å². The molecule has 0 unspecified atom stereocenters. The molecule has 0 spiro atoms. The van der Waals surface area contributed by atoms with Gasteiger partial charge in [-0.15, -0.1) is 11.3 Å².